The molecule has 0 fully saturated rings. The Balaban J connectivity index is 0. The molecule has 23 heavy (non-hydrogen) atoms. The van der Waals surface area contributed by atoms with Gasteiger partial charge in [-0.2, -0.15) is 8.42 Å². The van der Waals surface area contributed by atoms with Crippen molar-refractivity contribution in [2.75, 3.05) is 5.75 Å². The second-order valence-corrected chi connectivity index (χ2v) is 8.16. The first-order valence-electron chi connectivity index (χ1n) is 9.51. The van der Waals surface area contributed by atoms with Crippen LogP contribution in [0.2, 0.25) is 0 Å². The molecule has 0 aliphatic heterocycles. The maximum atomic E-state index is 10.5. The fourth-order valence-electron chi connectivity index (χ4n) is 2.83. The molecular formula is C18H38LiO3S. The number of hydrogen-bond donors (Lipinski definition) is 1. The molecule has 0 aliphatic carbocycles. The Morgan fingerprint density at radius 2 is 0.826 bits per heavy atom. The van der Waals surface area contributed by atoms with Crippen molar-refractivity contribution in [1.29, 1.82) is 0 Å². The van der Waals surface area contributed by atoms with Crippen molar-refractivity contribution in [2.24, 2.45) is 0 Å². The Hall–Kier alpha value is 0.507. The van der Waals surface area contributed by atoms with Gasteiger partial charge in [-0.05, 0) is 6.42 Å². The number of unbranched alkanes of at least 4 members (excludes halogenated alkanes) is 15. The van der Waals surface area contributed by atoms with Gasteiger partial charge in [0.1, 0.15) is 0 Å². The first-order valence-corrected chi connectivity index (χ1v) is 11.1. The van der Waals surface area contributed by atoms with E-state index < -0.39 is 10.1 Å². The molecule has 1 N–H and O–H groups in total. The molecule has 1 radical (unpaired) electrons. The van der Waals surface area contributed by atoms with Gasteiger partial charge in [-0.25, -0.2) is 0 Å². The summed E-state index contributed by atoms with van der Waals surface area (Å²) in [5, 5.41) is 0. The van der Waals surface area contributed by atoms with Gasteiger partial charge in [-0.15, -0.1) is 0 Å². The second-order valence-electron chi connectivity index (χ2n) is 6.59. The monoisotopic (exact) mass is 341 g/mol. The zero-order chi connectivity index (χ0) is 16.5. The molecule has 0 aliphatic rings. The van der Waals surface area contributed by atoms with Gasteiger partial charge >= 0.3 is 0 Å². The molecule has 0 spiro atoms. The Morgan fingerprint density at radius 3 is 1.09 bits per heavy atom. The Kier molecular flexibility index (Phi) is 21.1. The molecule has 0 aromatic heterocycles. The van der Waals surface area contributed by atoms with Crippen molar-refractivity contribution in [3.63, 3.8) is 0 Å². The fraction of sp³-hybridized carbons (Fsp3) is 1.00. The van der Waals surface area contributed by atoms with Crippen LogP contribution in [0.5, 0.6) is 0 Å². The molecule has 0 unspecified atom stereocenters. The zero-order valence-corrected chi connectivity index (χ0v) is 16.5. The molecule has 0 atom stereocenters. The summed E-state index contributed by atoms with van der Waals surface area (Å²) in [6.07, 6.45) is 20.3. The largest absolute Gasteiger partial charge is 0.286 e. The van der Waals surface area contributed by atoms with Crippen LogP contribution in [0.25, 0.3) is 0 Å². The summed E-state index contributed by atoms with van der Waals surface area (Å²) in [5.74, 6) is -0.0779. The van der Waals surface area contributed by atoms with Gasteiger partial charge < -0.3 is 0 Å². The predicted molar refractivity (Wildman–Crippen MR) is 102 cm³/mol. The summed E-state index contributed by atoms with van der Waals surface area (Å²) in [6, 6.07) is 0. The summed E-state index contributed by atoms with van der Waals surface area (Å²) in [4.78, 5) is 0. The van der Waals surface area contributed by atoms with E-state index in [0.717, 1.165) is 12.8 Å². The van der Waals surface area contributed by atoms with Gasteiger partial charge in [0, 0.05) is 18.9 Å². The van der Waals surface area contributed by atoms with Gasteiger partial charge in [0.05, 0.1) is 5.75 Å². The minimum absolute atomic E-state index is 0. The van der Waals surface area contributed by atoms with Gasteiger partial charge in [0.25, 0.3) is 10.1 Å². The van der Waals surface area contributed by atoms with Gasteiger partial charge in [0.15, 0.2) is 0 Å². The summed E-state index contributed by atoms with van der Waals surface area (Å²) in [5.41, 5.74) is 0. The van der Waals surface area contributed by atoms with E-state index in [9.17, 15) is 8.42 Å². The van der Waals surface area contributed by atoms with Crippen LogP contribution >= 0.6 is 0 Å². The molecule has 0 bridgehead atoms. The average molecular weight is 342 g/mol. The number of hydrogen-bond acceptors (Lipinski definition) is 2. The van der Waals surface area contributed by atoms with Crippen LogP contribution in [0.15, 0.2) is 0 Å². The minimum Gasteiger partial charge on any atom is -0.286 e. The second kappa shape index (κ2) is 18.8. The van der Waals surface area contributed by atoms with E-state index in [2.05, 4.69) is 6.92 Å². The first-order chi connectivity index (χ1) is 10.6. The van der Waals surface area contributed by atoms with E-state index in [4.69, 9.17) is 4.55 Å². The molecule has 0 aromatic carbocycles. The first kappa shape index (κ1) is 25.7. The van der Waals surface area contributed by atoms with E-state index in [1.807, 2.05) is 0 Å². The zero-order valence-electron chi connectivity index (χ0n) is 15.7. The summed E-state index contributed by atoms with van der Waals surface area (Å²) < 4.78 is 29.7. The van der Waals surface area contributed by atoms with E-state index >= 15 is 0 Å². The Labute approximate surface area is 157 Å². The average Bonchev–Trinajstić information content (AvgIpc) is 2.45. The van der Waals surface area contributed by atoms with Gasteiger partial charge in [-0.1, -0.05) is 103 Å². The van der Waals surface area contributed by atoms with Crippen LogP contribution in [-0.2, 0) is 10.1 Å². The SMILES string of the molecule is CCCCCCCCCCCCCCCCCCS(=O)(=O)O.[Li]. The number of rotatable bonds is 17. The van der Waals surface area contributed by atoms with E-state index in [1.54, 1.807) is 0 Å². The van der Waals surface area contributed by atoms with E-state index in [0.29, 0.717) is 6.42 Å². The molecule has 0 amide bonds. The summed E-state index contributed by atoms with van der Waals surface area (Å²) >= 11 is 0. The molecule has 5 heteroatoms. The van der Waals surface area contributed by atoms with Crippen molar-refractivity contribution >= 4 is 29.0 Å². The van der Waals surface area contributed by atoms with Crippen LogP contribution in [0, 0.1) is 0 Å². The van der Waals surface area contributed by atoms with Crippen molar-refractivity contribution in [3.05, 3.63) is 0 Å². The van der Waals surface area contributed by atoms with Gasteiger partial charge in [-0.3, -0.25) is 4.55 Å². The van der Waals surface area contributed by atoms with E-state index in [-0.39, 0.29) is 24.6 Å². The molecule has 0 saturated heterocycles. The quantitative estimate of drug-likeness (QED) is 0.208. The van der Waals surface area contributed by atoms with Crippen molar-refractivity contribution in [2.45, 2.75) is 110 Å². The van der Waals surface area contributed by atoms with Crippen LogP contribution in [0.1, 0.15) is 110 Å². The van der Waals surface area contributed by atoms with Crippen LogP contribution in [0.3, 0.4) is 0 Å². The van der Waals surface area contributed by atoms with Crippen LogP contribution in [0.4, 0.5) is 0 Å². The van der Waals surface area contributed by atoms with Crippen molar-refractivity contribution in [3.8, 4) is 0 Å². The summed E-state index contributed by atoms with van der Waals surface area (Å²) in [7, 11) is -3.74. The third-order valence-corrected chi connectivity index (χ3v) is 5.06. The third kappa shape index (κ3) is 24.9. The Morgan fingerprint density at radius 1 is 0.565 bits per heavy atom. The van der Waals surface area contributed by atoms with Crippen molar-refractivity contribution < 1.29 is 13.0 Å². The third-order valence-electron chi connectivity index (χ3n) is 4.26. The van der Waals surface area contributed by atoms with Crippen LogP contribution in [-0.4, -0.2) is 37.6 Å². The molecule has 135 valence electrons. The molecular weight excluding hydrogens is 303 g/mol. The smallest absolute Gasteiger partial charge is 0.264 e. The minimum atomic E-state index is -3.74. The molecule has 0 heterocycles. The topological polar surface area (TPSA) is 54.4 Å². The maximum Gasteiger partial charge on any atom is 0.264 e. The molecule has 0 saturated carbocycles. The van der Waals surface area contributed by atoms with Crippen LogP contribution < -0.4 is 0 Å². The standard InChI is InChI=1S/C18H38O3S.Li/c1-2-3-4-5-6-7-8-9-10-11-12-13-14-15-16-17-18-22(19,20)21;/h2-18H2,1H3,(H,19,20,21);. The van der Waals surface area contributed by atoms with E-state index in [1.165, 1.54) is 83.5 Å². The maximum absolute atomic E-state index is 10.5. The predicted octanol–water partition coefficient (Wildman–Crippen LogP) is 5.75. The fourth-order valence-corrected chi connectivity index (χ4v) is 3.40. The molecule has 0 aromatic rings. The molecule has 3 nitrogen and oxygen atoms in total. The van der Waals surface area contributed by atoms with Crippen molar-refractivity contribution in [1.82, 2.24) is 0 Å². The normalized spacial score (nSPS) is 11.4. The summed E-state index contributed by atoms with van der Waals surface area (Å²) in [6.45, 7) is 2.26. The molecule has 0 rings (SSSR count). The van der Waals surface area contributed by atoms with Gasteiger partial charge in [0.2, 0.25) is 0 Å². The Bertz CT molecular complexity index is 318.